The van der Waals surface area contributed by atoms with E-state index in [1.807, 2.05) is 56.0 Å². The van der Waals surface area contributed by atoms with Crippen molar-refractivity contribution in [1.82, 2.24) is 19.8 Å². The molecule has 0 unspecified atom stereocenters. The smallest absolute Gasteiger partial charge is 0.319 e. The molecule has 2 amide bonds. The Morgan fingerprint density at radius 3 is 2.71 bits per heavy atom. The minimum absolute atomic E-state index is 0.00663. The number of carbonyl (C=O) groups excluding carboxylic acids is 1. The van der Waals surface area contributed by atoms with Gasteiger partial charge in [-0.25, -0.2) is 9.78 Å². The van der Waals surface area contributed by atoms with Gasteiger partial charge in [0, 0.05) is 37.2 Å². The lowest BCUT2D eigenvalue weighted by molar-refractivity contribution is 0.248. The molecule has 0 radical (unpaired) electrons. The first-order chi connectivity index (χ1) is 11.5. The molecule has 130 valence electrons. The Bertz CT molecular complexity index is 610. The van der Waals surface area contributed by atoms with Gasteiger partial charge in [-0.05, 0) is 45.3 Å². The van der Waals surface area contributed by atoms with Crippen molar-refractivity contribution in [3.63, 3.8) is 0 Å². The molecule has 24 heavy (non-hydrogen) atoms. The average molecular weight is 331 g/mol. The van der Waals surface area contributed by atoms with E-state index in [1.54, 1.807) is 12.5 Å². The van der Waals surface area contributed by atoms with Crippen LogP contribution in [0.25, 0.3) is 0 Å². The minimum atomic E-state index is -0.233. The summed E-state index contributed by atoms with van der Waals surface area (Å²) >= 11 is 0. The molecule has 2 N–H and O–H groups in total. The molecular formula is C17H25N5O2. The summed E-state index contributed by atoms with van der Waals surface area (Å²) in [7, 11) is 4.01. The van der Waals surface area contributed by atoms with Crippen LogP contribution in [-0.4, -0.2) is 53.8 Å². The molecule has 0 saturated heterocycles. The maximum atomic E-state index is 12.0. The highest BCUT2D eigenvalue weighted by atomic mass is 16.5. The van der Waals surface area contributed by atoms with Gasteiger partial charge in [0.2, 0.25) is 0 Å². The van der Waals surface area contributed by atoms with Crippen LogP contribution >= 0.6 is 0 Å². The third kappa shape index (κ3) is 6.29. The number of rotatable bonds is 8. The SMILES string of the molecule is C[C@@H](Cn1ccnc1)NC(=O)Nc1ccc(OCCN(C)C)cc1. The first-order valence-electron chi connectivity index (χ1n) is 7.94. The van der Waals surface area contributed by atoms with Gasteiger partial charge in [-0.1, -0.05) is 0 Å². The Balaban J connectivity index is 1.75. The molecule has 0 aliphatic heterocycles. The highest BCUT2D eigenvalue weighted by Gasteiger charge is 2.08. The fourth-order valence-electron chi connectivity index (χ4n) is 2.13. The second kappa shape index (κ2) is 8.93. The van der Waals surface area contributed by atoms with Crippen LogP contribution in [0.3, 0.4) is 0 Å². The van der Waals surface area contributed by atoms with Crippen LogP contribution in [0.1, 0.15) is 6.92 Å². The number of urea groups is 1. The summed E-state index contributed by atoms with van der Waals surface area (Å²) in [5.74, 6) is 0.788. The Kier molecular flexibility index (Phi) is 6.62. The van der Waals surface area contributed by atoms with E-state index in [-0.39, 0.29) is 12.1 Å². The van der Waals surface area contributed by atoms with E-state index in [2.05, 4.69) is 20.5 Å². The third-order valence-electron chi connectivity index (χ3n) is 3.34. The van der Waals surface area contributed by atoms with Crippen molar-refractivity contribution in [3.05, 3.63) is 43.0 Å². The number of imidazole rings is 1. The number of nitrogens with one attached hydrogen (secondary N) is 2. The number of hydrogen-bond donors (Lipinski definition) is 2. The number of amides is 2. The van der Waals surface area contributed by atoms with Gasteiger partial charge in [0.15, 0.2) is 0 Å². The fourth-order valence-corrected chi connectivity index (χ4v) is 2.13. The molecule has 0 aliphatic rings. The molecule has 0 spiro atoms. The second-order valence-corrected chi connectivity index (χ2v) is 5.94. The fraction of sp³-hybridized carbons (Fsp3) is 0.412. The Labute approximate surface area is 142 Å². The molecule has 2 rings (SSSR count). The summed E-state index contributed by atoms with van der Waals surface area (Å²) in [6, 6.07) is 7.10. The van der Waals surface area contributed by atoms with Crippen LogP contribution < -0.4 is 15.4 Å². The van der Waals surface area contributed by atoms with Crippen molar-refractivity contribution < 1.29 is 9.53 Å². The molecule has 7 nitrogen and oxygen atoms in total. The topological polar surface area (TPSA) is 71.4 Å². The van der Waals surface area contributed by atoms with Gasteiger partial charge >= 0.3 is 6.03 Å². The van der Waals surface area contributed by atoms with Crippen LogP contribution in [0, 0.1) is 0 Å². The number of benzene rings is 1. The average Bonchev–Trinajstić information content (AvgIpc) is 3.01. The number of ether oxygens (including phenoxy) is 1. The Morgan fingerprint density at radius 2 is 2.08 bits per heavy atom. The molecule has 0 aliphatic carbocycles. The maximum absolute atomic E-state index is 12.0. The van der Waals surface area contributed by atoms with E-state index in [0.717, 1.165) is 18.0 Å². The summed E-state index contributed by atoms with van der Waals surface area (Å²) in [5, 5.41) is 5.71. The van der Waals surface area contributed by atoms with Crippen molar-refractivity contribution >= 4 is 11.7 Å². The van der Waals surface area contributed by atoms with Gasteiger partial charge in [0.05, 0.1) is 6.33 Å². The summed E-state index contributed by atoms with van der Waals surface area (Å²) in [5.41, 5.74) is 0.724. The summed E-state index contributed by atoms with van der Waals surface area (Å²) in [4.78, 5) is 18.0. The largest absolute Gasteiger partial charge is 0.492 e. The lowest BCUT2D eigenvalue weighted by atomic mass is 10.3. The molecule has 1 heterocycles. The summed E-state index contributed by atoms with van der Waals surface area (Å²) < 4.78 is 7.54. The van der Waals surface area contributed by atoms with Gasteiger partial charge in [-0.2, -0.15) is 0 Å². The molecule has 1 atom stereocenters. The molecule has 1 aromatic carbocycles. The maximum Gasteiger partial charge on any atom is 0.319 e. The van der Waals surface area contributed by atoms with Gasteiger partial charge in [-0.15, -0.1) is 0 Å². The first kappa shape index (κ1) is 17.8. The van der Waals surface area contributed by atoms with E-state index < -0.39 is 0 Å². The molecule has 0 saturated carbocycles. The zero-order chi connectivity index (χ0) is 17.4. The van der Waals surface area contributed by atoms with E-state index in [9.17, 15) is 4.79 Å². The number of anilines is 1. The molecule has 2 aromatic rings. The van der Waals surface area contributed by atoms with Crippen molar-refractivity contribution in [2.24, 2.45) is 0 Å². The van der Waals surface area contributed by atoms with Gasteiger partial charge in [0.1, 0.15) is 12.4 Å². The van der Waals surface area contributed by atoms with Crippen molar-refractivity contribution in [3.8, 4) is 5.75 Å². The quantitative estimate of drug-likeness (QED) is 0.776. The predicted molar refractivity (Wildman–Crippen MR) is 94.3 cm³/mol. The highest BCUT2D eigenvalue weighted by molar-refractivity contribution is 5.89. The Morgan fingerprint density at radius 1 is 1.33 bits per heavy atom. The monoisotopic (exact) mass is 331 g/mol. The Hall–Kier alpha value is -2.54. The number of hydrogen-bond acceptors (Lipinski definition) is 4. The second-order valence-electron chi connectivity index (χ2n) is 5.94. The van der Waals surface area contributed by atoms with Crippen LogP contribution in [0.5, 0.6) is 5.75 Å². The zero-order valence-corrected chi connectivity index (χ0v) is 14.4. The van der Waals surface area contributed by atoms with E-state index in [0.29, 0.717) is 13.2 Å². The lowest BCUT2D eigenvalue weighted by Crippen LogP contribution is -2.38. The van der Waals surface area contributed by atoms with E-state index >= 15 is 0 Å². The van der Waals surface area contributed by atoms with Crippen LogP contribution in [-0.2, 0) is 6.54 Å². The zero-order valence-electron chi connectivity index (χ0n) is 14.4. The molecule has 1 aromatic heterocycles. The van der Waals surface area contributed by atoms with Crippen molar-refractivity contribution in [2.45, 2.75) is 19.5 Å². The summed E-state index contributed by atoms with van der Waals surface area (Å²) in [6.45, 7) is 4.11. The minimum Gasteiger partial charge on any atom is -0.492 e. The van der Waals surface area contributed by atoms with Crippen LogP contribution in [0.4, 0.5) is 10.5 Å². The molecule has 7 heteroatoms. The summed E-state index contributed by atoms with van der Waals surface area (Å²) in [6.07, 6.45) is 5.31. The van der Waals surface area contributed by atoms with Gasteiger partial charge in [-0.3, -0.25) is 0 Å². The molecular weight excluding hydrogens is 306 g/mol. The number of likely N-dealkylation sites (N-methyl/N-ethyl adjacent to an activating group) is 1. The first-order valence-corrected chi connectivity index (χ1v) is 7.94. The van der Waals surface area contributed by atoms with E-state index in [4.69, 9.17) is 4.74 Å². The third-order valence-corrected chi connectivity index (χ3v) is 3.34. The predicted octanol–water partition coefficient (Wildman–Crippen LogP) is 2.03. The lowest BCUT2D eigenvalue weighted by Gasteiger charge is -2.15. The molecule has 0 fully saturated rings. The van der Waals surface area contributed by atoms with Crippen LogP contribution in [0.15, 0.2) is 43.0 Å². The van der Waals surface area contributed by atoms with Crippen molar-refractivity contribution in [1.29, 1.82) is 0 Å². The van der Waals surface area contributed by atoms with Gasteiger partial charge in [0.25, 0.3) is 0 Å². The molecule has 0 bridgehead atoms. The van der Waals surface area contributed by atoms with Gasteiger partial charge < -0.3 is 24.8 Å². The van der Waals surface area contributed by atoms with Crippen molar-refractivity contribution in [2.75, 3.05) is 32.6 Å². The van der Waals surface area contributed by atoms with Crippen LogP contribution in [0.2, 0.25) is 0 Å². The normalized spacial score (nSPS) is 12.0. The number of carbonyl (C=O) groups is 1. The number of nitrogens with zero attached hydrogens (tertiary/aromatic N) is 3. The van der Waals surface area contributed by atoms with E-state index in [1.165, 1.54) is 0 Å². The highest BCUT2D eigenvalue weighted by Crippen LogP contribution is 2.15. The standard InChI is InChI=1S/C17H25N5O2/c1-14(12-22-9-8-18-13-22)19-17(23)20-15-4-6-16(7-5-15)24-11-10-21(2)3/h4-9,13-14H,10-12H2,1-3H3,(H2,19,20,23)/t14-/m0/s1. The number of aromatic nitrogens is 2.